The van der Waals surface area contributed by atoms with Gasteiger partial charge >= 0.3 is 0 Å². The van der Waals surface area contributed by atoms with E-state index in [-0.39, 0.29) is 30.2 Å². The quantitative estimate of drug-likeness (QED) is 0.172. The van der Waals surface area contributed by atoms with Gasteiger partial charge in [0.1, 0.15) is 5.82 Å². The zero-order valence-electron chi connectivity index (χ0n) is 24.6. The van der Waals surface area contributed by atoms with Crippen LogP contribution in [0.5, 0.6) is 5.75 Å². The first-order chi connectivity index (χ1) is 19.6. The van der Waals surface area contributed by atoms with Crippen LogP contribution in [0.3, 0.4) is 0 Å². The lowest BCUT2D eigenvalue weighted by atomic mass is 9.74. The zero-order valence-corrected chi connectivity index (χ0v) is 24.6. The SMILES string of the molecule is C=C(C(=N/C(C=N)=C\C)OC)N1CCNC2(CCN(Cc3c(F)cc(F)c(F)c3O)CC2)C(CC)C1.CNCCO. The highest BCUT2D eigenvalue weighted by Gasteiger charge is 2.43. The molecule has 230 valence electrons. The van der Waals surface area contributed by atoms with Gasteiger partial charge in [-0.15, -0.1) is 0 Å². The molecule has 1 atom stereocenters. The van der Waals surface area contributed by atoms with E-state index in [1.54, 1.807) is 27.2 Å². The second kappa shape index (κ2) is 16.5. The third kappa shape index (κ3) is 8.78. The maximum absolute atomic E-state index is 14.2. The van der Waals surface area contributed by atoms with Crippen molar-refractivity contribution in [2.45, 2.75) is 45.2 Å². The molecule has 3 rings (SSSR count). The van der Waals surface area contributed by atoms with Crippen molar-refractivity contribution in [2.75, 3.05) is 60.0 Å². The van der Waals surface area contributed by atoms with Gasteiger partial charge in [-0.1, -0.05) is 19.6 Å². The summed E-state index contributed by atoms with van der Waals surface area (Å²) in [6.45, 7) is 12.6. The van der Waals surface area contributed by atoms with Gasteiger partial charge in [-0.05, 0) is 39.2 Å². The Morgan fingerprint density at radius 3 is 2.49 bits per heavy atom. The third-order valence-corrected chi connectivity index (χ3v) is 7.81. The van der Waals surface area contributed by atoms with Crippen molar-refractivity contribution in [3.05, 3.63) is 53.1 Å². The molecule has 1 spiro atoms. The third-order valence-electron chi connectivity index (χ3n) is 7.81. The fraction of sp³-hybridized carbons (Fsp3) is 0.586. The minimum absolute atomic E-state index is 0.0125. The van der Waals surface area contributed by atoms with Crippen molar-refractivity contribution in [1.82, 2.24) is 20.4 Å². The average molecular weight is 583 g/mol. The predicted octanol–water partition coefficient (Wildman–Crippen LogP) is 3.39. The molecule has 9 nitrogen and oxygen atoms in total. The molecule has 0 aliphatic carbocycles. The van der Waals surface area contributed by atoms with Gasteiger partial charge in [0.25, 0.3) is 0 Å². The molecule has 0 radical (unpaired) electrons. The Balaban J connectivity index is 0.00000108. The topological polar surface area (TPSA) is 116 Å². The number of nitrogens with zero attached hydrogens (tertiary/aromatic N) is 3. The summed E-state index contributed by atoms with van der Waals surface area (Å²) in [6, 6.07) is 0.482. The molecule has 2 heterocycles. The van der Waals surface area contributed by atoms with Gasteiger partial charge in [0.15, 0.2) is 11.6 Å². The Labute approximate surface area is 241 Å². The lowest BCUT2D eigenvalue weighted by molar-refractivity contribution is 0.0820. The number of hydrogen-bond donors (Lipinski definition) is 5. The highest BCUT2D eigenvalue weighted by atomic mass is 19.2. The molecular formula is C29H45F3N6O3. The number of allylic oxidation sites excluding steroid dienone is 2. The van der Waals surface area contributed by atoms with Crippen molar-refractivity contribution in [1.29, 1.82) is 5.41 Å². The first-order valence-corrected chi connectivity index (χ1v) is 13.9. The summed E-state index contributed by atoms with van der Waals surface area (Å²) in [5.41, 5.74) is 0.797. The van der Waals surface area contributed by atoms with Gasteiger partial charge in [0.05, 0.1) is 25.1 Å². The molecule has 0 amide bonds. The van der Waals surface area contributed by atoms with Crippen LogP contribution in [-0.4, -0.2) is 97.7 Å². The molecule has 1 aromatic rings. The lowest BCUT2D eigenvalue weighted by Gasteiger charge is -2.46. The van der Waals surface area contributed by atoms with Crippen LogP contribution in [0, 0.1) is 28.8 Å². The number of halogens is 3. The van der Waals surface area contributed by atoms with Crippen molar-refractivity contribution in [2.24, 2.45) is 10.9 Å². The van der Waals surface area contributed by atoms with Crippen LogP contribution in [0.2, 0.25) is 0 Å². The summed E-state index contributed by atoms with van der Waals surface area (Å²) >= 11 is 0. The van der Waals surface area contributed by atoms with E-state index >= 15 is 0 Å². The Morgan fingerprint density at radius 2 is 1.98 bits per heavy atom. The Kier molecular flexibility index (Phi) is 13.8. The highest BCUT2D eigenvalue weighted by Crippen LogP contribution is 2.36. The van der Waals surface area contributed by atoms with Gasteiger partial charge in [-0.25, -0.2) is 13.8 Å². The number of aromatic hydroxyl groups is 1. The van der Waals surface area contributed by atoms with E-state index < -0.39 is 23.2 Å². The Bertz CT molecular complexity index is 1090. The van der Waals surface area contributed by atoms with Gasteiger partial charge in [0.2, 0.25) is 11.7 Å². The van der Waals surface area contributed by atoms with Crippen LogP contribution in [0.25, 0.3) is 0 Å². The molecule has 2 aliphatic rings. The number of piperidine rings is 1. The normalized spacial score (nSPS) is 19.8. The molecule has 12 heteroatoms. The summed E-state index contributed by atoms with van der Waals surface area (Å²) in [4.78, 5) is 8.53. The average Bonchev–Trinajstić information content (AvgIpc) is 3.15. The summed E-state index contributed by atoms with van der Waals surface area (Å²) < 4.78 is 46.9. The van der Waals surface area contributed by atoms with E-state index in [9.17, 15) is 18.3 Å². The second-order valence-electron chi connectivity index (χ2n) is 10.1. The van der Waals surface area contributed by atoms with Crippen LogP contribution >= 0.6 is 0 Å². The standard InChI is InChI=1S/C26H36F3N5O2.C3H9NO/c1-5-18-15-34(17(3)25(36-4)32-19(6-2)14-30)12-9-31-26(18)7-10-33(11-8-26)16-20-21(27)13-22(28)23(29)24(20)35;1-4-2-3-5/h6,13-14,18,30-31,35H,3,5,7-12,15-16H2,1-2,4H3;4-5H,2-3H2,1H3/b19-6-,30-14?,32-25?;. The molecule has 1 aromatic carbocycles. The van der Waals surface area contributed by atoms with Crippen LogP contribution < -0.4 is 10.6 Å². The molecule has 0 bridgehead atoms. The van der Waals surface area contributed by atoms with Gasteiger partial charge in [-0.3, -0.25) is 4.90 Å². The van der Waals surface area contributed by atoms with Crippen molar-refractivity contribution in [3.8, 4) is 5.75 Å². The van der Waals surface area contributed by atoms with E-state index in [0.717, 1.165) is 32.4 Å². The maximum Gasteiger partial charge on any atom is 0.237 e. The molecule has 2 saturated heterocycles. The smallest absolute Gasteiger partial charge is 0.237 e. The molecule has 2 fully saturated rings. The molecular weight excluding hydrogens is 537 g/mol. The van der Waals surface area contributed by atoms with E-state index in [1.165, 1.54) is 6.21 Å². The molecule has 1 unspecified atom stereocenters. The van der Waals surface area contributed by atoms with E-state index in [4.69, 9.17) is 15.3 Å². The number of likely N-dealkylation sites (tertiary alicyclic amines) is 1. The minimum atomic E-state index is -1.42. The van der Waals surface area contributed by atoms with Crippen LogP contribution in [0.1, 0.15) is 38.7 Å². The fourth-order valence-electron chi connectivity index (χ4n) is 5.34. The second-order valence-corrected chi connectivity index (χ2v) is 10.1. The first-order valence-electron chi connectivity index (χ1n) is 13.9. The van der Waals surface area contributed by atoms with Crippen LogP contribution in [-0.2, 0) is 11.3 Å². The fourth-order valence-corrected chi connectivity index (χ4v) is 5.34. The number of likely N-dealkylation sites (N-methyl/N-ethyl adjacent to an activating group) is 1. The number of aliphatic imine (C=N–C) groups is 1. The number of hydrogen-bond acceptors (Lipinski definition) is 9. The Hall–Kier alpha value is -2.93. The molecule has 5 N–H and O–H groups in total. The maximum atomic E-state index is 14.2. The summed E-state index contributed by atoms with van der Waals surface area (Å²) in [5.74, 6) is -4.06. The van der Waals surface area contributed by atoms with E-state index in [2.05, 4.69) is 34.0 Å². The number of methoxy groups -OCH3 is 1. The molecule has 41 heavy (non-hydrogen) atoms. The number of phenols is 1. The summed E-state index contributed by atoms with van der Waals surface area (Å²) in [6.07, 6.45) is 5.40. The van der Waals surface area contributed by atoms with Crippen LogP contribution in [0.15, 0.2) is 35.1 Å². The minimum Gasteiger partial charge on any atom is -0.504 e. The summed E-state index contributed by atoms with van der Waals surface area (Å²) in [5, 5.41) is 32.0. The van der Waals surface area contributed by atoms with Gasteiger partial charge < -0.3 is 35.9 Å². The van der Waals surface area contributed by atoms with Gasteiger partial charge in [-0.2, -0.15) is 4.39 Å². The number of ether oxygens (including phenoxy) is 1. The van der Waals surface area contributed by atoms with Crippen molar-refractivity contribution >= 4 is 12.1 Å². The number of benzene rings is 1. The number of phenolic OH excluding ortho intramolecular Hbond substituents is 1. The number of aliphatic hydroxyl groups excluding tert-OH is 1. The summed E-state index contributed by atoms with van der Waals surface area (Å²) in [7, 11) is 3.34. The van der Waals surface area contributed by atoms with Crippen molar-refractivity contribution < 1.29 is 28.1 Å². The number of nitrogens with one attached hydrogen (secondary N) is 3. The monoisotopic (exact) mass is 582 g/mol. The van der Waals surface area contributed by atoms with Crippen molar-refractivity contribution in [3.63, 3.8) is 0 Å². The number of aliphatic hydroxyl groups is 1. The Morgan fingerprint density at radius 1 is 1.29 bits per heavy atom. The number of rotatable bonds is 9. The zero-order chi connectivity index (χ0) is 30.6. The lowest BCUT2D eigenvalue weighted by Crippen LogP contribution is -2.58. The molecule has 0 saturated carbocycles. The largest absolute Gasteiger partial charge is 0.504 e. The van der Waals surface area contributed by atoms with Crippen LogP contribution in [0.4, 0.5) is 13.2 Å². The van der Waals surface area contributed by atoms with E-state index in [1.807, 2.05) is 4.90 Å². The molecule has 0 aromatic heterocycles. The molecule has 2 aliphatic heterocycles. The predicted molar refractivity (Wildman–Crippen MR) is 156 cm³/mol. The first kappa shape index (κ1) is 34.3. The highest BCUT2D eigenvalue weighted by molar-refractivity contribution is 5.95. The van der Waals surface area contributed by atoms with E-state index in [0.29, 0.717) is 49.5 Å². The van der Waals surface area contributed by atoms with Gasteiger partial charge in [0, 0.05) is 69.2 Å².